The van der Waals surface area contributed by atoms with Crippen molar-refractivity contribution >= 4 is 12.0 Å². The van der Waals surface area contributed by atoms with Crippen molar-refractivity contribution in [2.75, 3.05) is 26.2 Å². The second-order valence-corrected chi connectivity index (χ2v) is 5.44. The monoisotopic (exact) mass is 285 g/mol. The van der Waals surface area contributed by atoms with E-state index in [0.29, 0.717) is 18.9 Å². The molecule has 0 spiro atoms. The summed E-state index contributed by atoms with van der Waals surface area (Å²) < 4.78 is 0. The number of carbonyl (C=O) groups is 2. The fraction of sp³-hybridized carbons (Fsp3) is 0.857. The van der Waals surface area contributed by atoms with Gasteiger partial charge in [0.1, 0.15) is 0 Å². The molecule has 1 unspecified atom stereocenters. The number of hydrogen-bond donors (Lipinski definition) is 3. The molecule has 3 N–H and O–H groups in total. The van der Waals surface area contributed by atoms with Crippen LogP contribution in [-0.2, 0) is 4.79 Å². The van der Waals surface area contributed by atoms with E-state index in [-0.39, 0.29) is 18.5 Å². The first-order valence-electron chi connectivity index (χ1n) is 7.53. The minimum atomic E-state index is -0.885. The third-order valence-corrected chi connectivity index (χ3v) is 3.95. The molecule has 0 aromatic heterocycles. The van der Waals surface area contributed by atoms with Gasteiger partial charge in [-0.1, -0.05) is 13.8 Å². The molecule has 1 aliphatic rings. The fourth-order valence-electron chi connectivity index (χ4n) is 2.49. The van der Waals surface area contributed by atoms with E-state index in [9.17, 15) is 9.59 Å². The van der Waals surface area contributed by atoms with Gasteiger partial charge in [-0.25, -0.2) is 4.79 Å². The Balaban J connectivity index is 2.21. The number of carbonyl (C=O) groups excluding carboxylic acids is 1. The van der Waals surface area contributed by atoms with Crippen LogP contribution in [0.25, 0.3) is 0 Å². The molecular formula is C14H27N3O3. The topological polar surface area (TPSA) is 81.7 Å². The number of aliphatic carboxylic acids is 1. The molecule has 6 nitrogen and oxygen atoms in total. The summed E-state index contributed by atoms with van der Waals surface area (Å²) in [6.07, 6.45) is 2.81. The number of carboxylic acids is 1. The summed E-state index contributed by atoms with van der Waals surface area (Å²) >= 11 is 0. The van der Waals surface area contributed by atoms with Gasteiger partial charge in [0, 0.05) is 12.6 Å². The molecule has 0 saturated carbocycles. The molecule has 1 atom stereocenters. The number of piperidine rings is 1. The summed E-state index contributed by atoms with van der Waals surface area (Å²) in [7, 11) is 0. The predicted octanol–water partition coefficient (Wildman–Crippen LogP) is 1.27. The van der Waals surface area contributed by atoms with Gasteiger partial charge in [-0.05, 0) is 44.8 Å². The van der Waals surface area contributed by atoms with Crippen LogP contribution in [0.5, 0.6) is 0 Å². The molecule has 1 fully saturated rings. The summed E-state index contributed by atoms with van der Waals surface area (Å²) in [5.41, 5.74) is 0. The number of nitrogens with one attached hydrogen (secondary N) is 2. The van der Waals surface area contributed by atoms with Crippen LogP contribution in [0.4, 0.5) is 4.79 Å². The van der Waals surface area contributed by atoms with Gasteiger partial charge in [0.25, 0.3) is 0 Å². The van der Waals surface area contributed by atoms with Crippen molar-refractivity contribution in [1.29, 1.82) is 0 Å². The van der Waals surface area contributed by atoms with E-state index in [0.717, 1.165) is 32.5 Å². The lowest BCUT2D eigenvalue weighted by atomic mass is 9.97. The van der Waals surface area contributed by atoms with Gasteiger partial charge in [-0.2, -0.15) is 0 Å². The number of hydrogen-bond acceptors (Lipinski definition) is 3. The van der Waals surface area contributed by atoms with Crippen LogP contribution in [-0.4, -0.2) is 54.2 Å². The van der Waals surface area contributed by atoms with Gasteiger partial charge >= 0.3 is 12.0 Å². The van der Waals surface area contributed by atoms with Crippen molar-refractivity contribution in [2.24, 2.45) is 5.92 Å². The largest absolute Gasteiger partial charge is 0.481 e. The zero-order valence-electron chi connectivity index (χ0n) is 12.5. The third-order valence-electron chi connectivity index (χ3n) is 3.95. The number of amides is 2. The van der Waals surface area contributed by atoms with E-state index >= 15 is 0 Å². The van der Waals surface area contributed by atoms with Crippen LogP contribution < -0.4 is 10.6 Å². The average molecular weight is 285 g/mol. The molecule has 6 heteroatoms. The van der Waals surface area contributed by atoms with Gasteiger partial charge in [0.15, 0.2) is 0 Å². The second kappa shape index (κ2) is 8.79. The summed E-state index contributed by atoms with van der Waals surface area (Å²) in [6.45, 7) is 8.00. The maximum atomic E-state index is 11.7. The van der Waals surface area contributed by atoms with Crippen molar-refractivity contribution in [3.8, 4) is 0 Å². The normalized spacial score (nSPS) is 18.5. The quantitative estimate of drug-likeness (QED) is 0.658. The molecule has 0 aromatic carbocycles. The summed E-state index contributed by atoms with van der Waals surface area (Å²) in [6, 6.07) is -0.551. The molecule has 2 amide bonds. The Morgan fingerprint density at radius 3 is 2.45 bits per heavy atom. The second-order valence-electron chi connectivity index (χ2n) is 5.44. The van der Waals surface area contributed by atoms with Crippen LogP contribution >= 0.6 is 0 Å². The highest BCUT2D eigenvalue weighted by molar-refractivity contribution is 5.75. The first-order chi connectivity index (χ1) is 9.55. The Hall–Kier alpha value is -1.30. The molecule has 116 valence electrons. The lowest BCUT2D eigenvalue weighted by Gasteiger charge is -2.31. The Morgan fingerprint density at radius 2 is 1.95 bits per heavy atom. The summed E-state index contributed by atoms with van der Waals surface area (Å²) in [5.74, 6) is -0.354. The van der Waals surface area contributed by atoms with Gasteiger partial charge in [0.2, 0.25) is 0 Å². The molecule has 0 radical (unpaired) electrons. The van der Waals surface area contributed by atoms with Crippen LogP contribution in [0.15, 0.2) is 0 Å². The standard InChI is InChI=1S/C14H27N3O3/c1-3-12(9-13(18)19)16-14(20)15-10-11-5-7-17(4-2)8-6-11/h11-12H,3-10H2,1-2H3,(H,18,19)(H2,15,16,20). The van der Waals surface area contributed by atoms with Gasteiger partial charge in [0.05, 0.1) is 6.42 Å². The SMILES string of the molecule is CCC(CC(=O)O)NC(=O)NCC1CCN(CC)CC1. The Bertz CT molecular complexity index is 315. The molecule has 1 rings (SSSR count). The number of urea groups is 1. The third kappa shape index (κ3) is 6.23. The molecule has 20 heavy (non-hydrogen) atoms. The van der Waals surface area contributed by atoms with Crippen molar-refractivity contribution in [1.82, 2.24) is 15.5 Å². The molecule has 1 saturated heterocycles. The van der Waals surface area contributed by atoms with Gasteiger partial charge in [-0.15, -0.1) is 0 Å². The number of nitrogens with zero attached hydrogens (tertiary/aromatic N) is 1. The maximum absolute atomic E-state index is 11.7. The zero-order chi connectivity index (χ0) is 15.0. The summed E-state index contributed by atoms with van der Waals surface area (Å²) in [4.78, 5) is 24.8. The van der Waals surface area contributed by atoms with E-state index in [1.807, 2.05) is 6.92 Å². The van der Waals surface area contributed by atoms with E-state index in [2.05, 4.69) is 22.5 Å². The first-order valence-corrected chi connectivity index (χ1v) is 7.53. The van der Waals surface area contributed by atoms with Gasteiger partial charge in [-0.3, -0.25) is 4.79 Å². The number of likely N-dealkylation sites (tertiary alicyclic amines) is 1. The van der Waals surface area contributed by atoms with Crippen molar-refractivity contribution < 1.29 is 14.7 Å². The smallest absolute Gasteiger partial charge is 0.315 e. The van der Waals surface area contributed by atoms with E-state index < -0.39 is 5.97 Å². The van der Waals surface area contributed by atoms with Crippen LogP contribution in [0.3, 0.4) is 0 Å². The molecule has 1 heterocycles. The van der Waals surface area contributed by atoms with Crippen LogP contribution in [0.2, 0.25) is 0 Å². The predicted molar refractivity (Wildman–Crippen MR) is 77.7 cm³/mol. The van der Waals surface area contributed by atoms with E-state index in [1.54, 1.807) is 0 Å². The molecular weight excluding hydrogens is 258 g/mol. The minimum absolute atomic E-state index is 0.0290. The average Bonchev–Trinajstić information content (AvgIpc) is 2.44. The van der Waals surface area contributed by atoms with Crippen LogP contribution in [0.1, 0.15) is 39.5 Å². The van der Waals surface area contributed by atoms with Crippen molar-refractivity contribution in [3.05, 3.63) is 0 Å². The zero-order valence-corrected chi connectivity index (χ0v) is 12.5. The van der Waals surface area contributed by atoms with Crippen molar-refractivity contribution in [2.45, 2.75) is 45.6 Å². The lowest BCUT2D eigenvalue weighted by molar-refractivity contribution is -0.137. The maximum Gasteiger partial charge on any atom is 0.315 e. The van der Waals surface area contributed by atoms with Crippen LogP contribution in [0, 0.1) is 5.92 Å². The van der Waals surface area contributed by atoms with E-state index in [1.165, 1.54) is 0 Å². The molecule has 1 aliphatic heterocycles. The highest BCUT2D eigenvalue weighted by Gasteiger charge is 2.19. The minimum Gasteiger partial charge on any atom is -0.481 e. The first kappa shape index (κ1) is 16.8. The fourth-order valence-corrected chi connectivity index (χ4v) is 2.49. The molecule has 0 aliphatic carbocycles. The Labute approximate surface area is 120 Å². The number of rotatable bonds is 7. The molecule has 0 bridgehead atoms. The Kier molecular flexibility index (Phi) is 7.36. The summed E-state index contributed by atoms with van der Waals surface area (Å²) in [5, 5.41) is 14.3. The lowest BCUT2D eigenvalue weighted by Crippen LogP contribution is -2.45. The Morgan fingerprint density at radius 1 is 1.30 bits per heavy atom. The highest BCUT2D eigenvalue weighted by Crippen LogP contribution is 2.15. The van der Waals surface area contributed by atoms with Crippen molar-refractivity contribution in [3.63, 3.8) is 0 Å². The number of carboxylic acid groups (broad SMARTS) is 1. The molecule has 0 aromatic rings. The van der Waals surface area contributed by atoms with E-state index in [4.69, 9.17) is 5.11 Å². The highest BCUT2D eigenvalue weighted by atomic mass is 16.4. The van der Waals surface area contributed by atoms with Gasteiger partial charge < -0.3 is 20.6 Å².